The molecular weight excluding hydrogens is 132 g/mol. The number of hydrogen-bond donors (Lipinski definition) is 0. The molecule has 1 atom stereocenters. The standard InChI is InChI=1S/C11H9/c1-2-4-7-11-9-5-8-10(11)6-3-1/h1-3,5-10H/b2-1-,6-3-,7-4?. The number of hydrogen-bond acceptors (Lipinski definition) is 0. The Morgan fingerprint density at radius 2 is 2.00 bits per heavy atom. The summed E-state index contributed by atoms with van der Waals surface area (Å²) in [6.07, 6.45) is 19.7. The second-order valence-corrected chi connectivity index (χ2v) is 2.63. The molecule has 2 rings (SSSR count). The van der Waals surface area contributed by atoms with Crippen LogP contribution in [-0.2, 0) is 0 Å². The highest BCUT2D eigenvalue weighted by atomic mass is 14.1. The lowest BCUT2D eigenvalue weighted by Crippen LogP contribution is -1.90. The van der Waals surface area contributed by atoms with Crippen molar-refractivity contribution < 1.29 is 0 Å². The quantitative estimate of drug-likeness (QED) is 0.486. The van der Waals surface area contributed by atoms with Crippen LogP contribution in [0.2, 0.25) is 0 Å². The van der Waals surface area contributed by atoms with E-state index in [9.17, 15) is 0 Å². The molecule has 0 spiro atoms. The molecule has 0 N–H and O–H groups in total. The fraction of sp³-hybridized carbons (Fsp3) is 0.0909. The first-order chi connectivity index (χ1) is 5.47. The summed E-state index contributed by atoms with van der Waals surface area (Å²) in [6.45, 7) is 0. The predicted octanol–water partition coefficient (Wildman–Crippen LogP) is 2.58. The summed E-state index contributed by atoms with van der Waals surface area (Å²) < 4.78 is 0. The first-order valence-corrected chi connectivity index (χ1v) is 3.78. The highest BCUT2D eigenvalue weighted by Crippen LogP contribution is 2.22. The van der Waals surface area contributed by atoms with Crippen molar-refractivity contribution in [2.45, 2.75) is 0 Å². The Balaban J connectivity index is 2.35. The van der Waals surface area contributed by atoms with E-state index in [1.807, 2.05) is 18.2 Å². The van der Waals surface area contributed by atoms with Crippen LogP contribution in [0, 0.1) is 12.0 Å². The Morgan fingerprint density at radius 1 is 1.09 bits per heavy atom. The van der Waals surface area contributed by atoms with Gasteiger partial charge in [0.2, 0.25) is 0 Å². The van der Waals surface area contributed by atoms with Crippen LogP contribution >= 0.6 is 0 Å². The minimum Gasteiger partial charge on any atom is -0.0732 e. The molecule has 1 unspecified atom stereocenters. The third-order valence-corrected chi connectivity index (χ3v) is 1.86. The van der Waals surface area contributed by atoms with Crippen molar-refractivity contribution in [3.05, 3.63) is 60.3 Å². The third-order valence-electron chi connectivity index (χ3n) is 1.86. The maximum Gasteiger partial charge on any atom is 0.0205 e. The van der Waals surface area contributed by atoms with E-state index in [-0.39, 0.29) is 0 Å². The first kappa shape index (κ1) is 6.41. The summed E-state index contributed by atoms with van der Waals surface area (Å²) in [6, 6.07) is 0. The maximum absolute atomic E-state index is 3.09. The van der Waals surface area contributed by atoms with Gasteiger partial charge in [-0.3, -0.25) is 0 Å². The molecule has 0 saturated carbocycles. The second-order valence-electron chi connectivity index (χ2n) is 2.63. The van der Waals surface area contributed by atoms with Crippen LogP contribution in [0.15, 0.2) is 54.2 Å². The van der Waals surface area contributed by atoms with Crippen molar-refractivity contribution in [3.63, 3.8) is 0 Å². The molecule has 0 amide bonds. The Kier molecular flexibility index (Phi) is 1.60. The van der Waals surface area contributed by atoms with Gasteiger partial charge < -0.3 is 0 Å². The molecule has 0 saturated heterocycles. The van der Waals surface area contributed by atoms with E-state index in [0.29, 0.717) is 5.92 Å². The van der Waals surface area contributed by atoms with Crippen molar-refractivity contribution >= 4 is 0 Å². The van der Waals surface area contributed by atoms with Gasteiger partial charge >= 0.3 is 0 Å². The average molecular weight is 141 g/mol. The summed E-state index contributed by atoms with van der Waals surface area (Å²) in [5, 5.41) is 0. The molecule has 1 radical (unpaired) electrons. The molecule has 0 aliphatic heterocycles. The fourth-order valence-corrected chi connectivity index (χ4v) is 1.27. The van der Waals surface area contributed by atoms with E-state index < -0.39 is 0 Å². The van der Waals surface area contributed by atoms with E-state index in [1.165, 1.54) is 5.57 Å². The molecule has 0 heteroatoms. The van der Waals surface area contributed by atoms with Gasteiger partial charge in [0, 0.05) is 5.92 Å². The normalized spacial score (nSPS) is 34.9. The molecular formula is C11H9. The van der Waals surface area contributed by atoms with Crippen molar-refractivity contribution in [3.8, 4) is 0 Å². The summed E-state index contributed by atoms with van der Waals surface area (Å²) in [5.41, 5.74) is 1.32. The van der Waals surface area contributed by atoms with Crippen molar-refractivity contribution in [2.75, 3.05) is 0 Å². The SMILES string of the molecule is [C]1=C/C2=CC=CC2\C=C/C=C\1. The summed E-state index contributed by atoms with van der Waals surface area (Å²) in [4.78, 5) is 0. The van der Waals surface area contributed by atoms with Gasteiger partial charge in [-0.1, -0.05) is 48.6 Å². The van der Waals surface area contributed by atoms with Crippen molar-refractivity contribution in [1.29, 1.82) is 0 Å². The van der Waals surface area contributed by atoms with Crippen LogP contribution in [0.1, 0.15) is 0 Å². The van der Waals surface area contributed by atoms with E-state index in [0.717, 1.165) is 0 Å². The van der Waals surface area contributed by atoms with E-state index >= 15 is 0 Å². The Bertz CT molecular complexity index is 285. The van der Waals surface area contributed by atoms with Crippen LogP contribution in [0.3, 0.4) is 0 Å². The summed E-state index contributed by atoms with van der Waals surface area (Å²) in [5.74, 6) is 0.479. The minimum absolute atomic E-state index is 0.479. The Morgan fingerprint density at radius 3 is 3.00 bits per heavy atom. The lowest BCUT2D eigenvalue weighted by molar-refractivity contribution is 1.03. The maximum atomic E-state index is 3.09. The summed E-state index contributed by atoms with van der Waals surface area (Å²) in [7, 11) is 0. The molecule has 2 aliphatic carbocycles. The Hall–Kier alpha value is -1.30. The van der Waals surface area contributed by atoms with Gasteiger partial charge in [-0.25, -0.2) is 0 Å². The topological polar surface area (TPSA) is 0 Å². The lowest BCUT2D eigenvalue weighted by atomic mass is 10.0. The minimum atomic E-state index is 0.479. The van der Waals surface area contributed by atoms with Crippen LogP contribution in [0.5, 0.6) is 0 Å². The molecule has 53 valence electrons. The van der Waals surface area contributed by atoms with Crippen LogP contribution in [-0.4, -0.2) is 0 Å². The zero-order valence-electron chi connectivity index (χ0n) is 6.20. The molecule has 0 aromatic heterocycles. The van der Waals surface area contributed by atoms with Crippen molar-refractivity contribution in [2.24, 2.45) is 5.92 Å². The first-order valence-electron chi connectivity index (χ1n) is 3.78. The average Bonchev–Trinajstić information content (AvgIpc) is 2.35. The van der Waals surface area contributed by atoms with Gasteiger partial charge in [0.15, 0.2) is 0 Å². The van der Waals surface area contributed by atoms with Crippen LogP contribution in [0.25, 0.3) is 0 Å². The lowest BCUT2D eigenvalue weighted by Gasteiger charge is -2.04. The van der Waals surface area contributed by atoms with Gasteiger partial charge in [-0.15, -0.1) is 0 Å². The number of allylic oxidation sites excluding steroid dienone is 10. The van der Waals surface area contributed by atoms with Crippen molar-refractivity contribution in [1.82, 2.24) is 0 Å². The molecule has 0 heterocycles. The second kappa shape index (κ2) is 2.75. The van der Waals surface area contributed by atoms with E-state index in [4.69, 9.17) is 0 Å². The molecule has 2 aliphatic rings. The number of rotatable bonds is 0. The van der Waals surface area contributed by atoms with Gasteiger partial charge in [0.25, 0.3) is 0 Å². The Labute approximate surface area is 66.9 Å². The van der Waals surface area contributed by atoms with Gasteiger partial charge in [0.1, 0.15) is 0 Å². The molecule has 0 nitrogen and oxygen atoms in total. The molecule has 0 fully saturated rings. The molecule has 0 aromatic rings. The molecule has 0 aromatic carbocycles. The van der Waals surface area contributed by atoms with Gasteiger partial charge in [-0.05, 0) is 11.6 Å². The van der Waals surface area contributed by atoms with Gasteiger partial charge in [0.05, 0.1) is 0 Å². The highest BCUT2D eigenvalue weighted by molar-refractivity contribution is 5.40. The van der Waals surface area contributed by atoms with Gasteiger partial charge in [-0.2, -0.15) is 0 Å². The van der Waals surface area contributed by atoms with E-state index in [2.05, 4.69) is 36.5 Å². The largest absolute Gasteiger partial charge is 0.0732 e. The zero-order valence-corrected chi connectivity index (χ0v) is 6.20. The smallest absolute Gasteiger partial charge is 0.0205 e. The zero-order chi connectivity index (χ0) is 7.52. The molecule has 11 heavy (non-hydrogen) atoms. The highest BCUT2D eigenvalue weighted by Gasteiger charge is 2.07. The third kappa shape index (κ3) is 1.25. The number of fused-ring (bicyclic) bond motifs is 1. The summed E-state index contributed by atoms with van der Waals surface area (Å²) >= 11 is 0. The van der Waals surface area contributed by atoms with E-state index in [1.54, 1.807) is 0 Å². The van der Waals surface area contributed by atoms with Crippen LogP contribution in [0.4, 0.5) is 0 Å². The van der Waals surface area contributed by atoms with Crippen LogP contribution < -0.4 is 0 Å². The predicted molar refractivity (Wildman–Crippen MR) is 46.8 cm³/mol. The fourth-order valence-electron chi connectivity index (χ4n) is 1.27. The monoisotopic (exact) mass is 141 g/mol. The molecule has 0 bridgehead atoms.